The van der Waals surface area contributed by atoms with Crippen LogP contribution in [-0.2, 0) is 0 Å². The van der Waals surface area contributed by atoms with Crippen LogP contribution in [0.25, 0.3) is 12.2 Å². The minimum absolute atomic E-state index is 0.0357. The minimum atomic E-state index is -0.0357. The van der Waals surface area contributed by atoms with Crippen molar-refractivity contribution >= 4 is 12.2 Å². The van der Waals surface area contributed by atoms with E-state index in [9.17, 15) is 0 Å². The average molecular weight is 233 g/mol. The highest BCUT2D eigenvalue weighted by Crippen LogP contribution is 2.30. The van der Waals surface area contributed by atoms with Crippen molar-refractivity contribution in [1.29, 1.82) is 0 Å². The van der Waals surface area contributed by atoms with E-state index in [1.807, 2.05) is 30.3 Å². The van der Waals surface area contributed by atoms with E-state index in [-0.39, 0.29) is 6.04 Å². The van der Waals surface area contributed by atoms with E-state index in [0.29, 0.717) is 0 Å². The summed E-state index contributed by atoms with van der Waals surface area (Å²) in [6.45, 7) is 0. The fraction of sp³-hybridized carbons (Fsp3) is 0.0588. The lowest BCUT2D eigenvalue weighted by atomic mass is 9.89. The van der Waals surface area contributed by atoms with Gasteiger partial charge in [-0.05, 0) is 28.3 Å². The van der Waals surface area contributed by atoms with Crippen LogP contribution in [0.2, 0.25) is 0 Å². The third-order valence-corrected chi connectivity index (χ3v) is 3.28. The quantitative estimate of drug-likeness (QED) is 0.796. The molecule has 0 bridgehead atoms. The van der Waals surface area contributed by atoms with E-state index < -0.39 is 0 Å². The standard InChI is InChI=1S/C17H15N/c18-17-15(12-13-6-2-1-3-7-13)11-10-14-8-4-5-9-16(14)17/h1-12,17H,18H2. The third kappa shape index (κ3) is 2.01. The van der Waals surface area contributed by atoms with Gasteiger partial charge in [-0.15, -0.1) is 0 Å². The normalized spacial score (nSPS) is 19.8. The van der Waals surface area contributed by atoms with Crippen molar-refractivity contribution in [2.24, 2.45) is 5.73 Å². The van der Waals surface area contributed by atoms with Gasteiger partial charge in [-0.25, -0.2) is 0 Å². The SMILES string of the molecule is NC1C(=Cc2ccccc2)C=Cc2ccccc21. The molecule has 0 amide bonds. The van der Waals surface area contributed by atoms with Gasteiger partial charge in [0.05, 0.1) is 6.04 Å². The molecule has 1 aliphatic rings. The molecule has 0 saturated carbocycles. The topological polar surface area (TPSA) is 26.0 Å². The fourth-order valence-electron chi connectivity index (χ4n) is 2.29. The summed E-state index contributed by atoms with van der Waals surface area (Å²) in [6.07, 6.45) is 6.39. The van der Waals surface area contributed by atoms with Gasteiger partial charge < -0.3 is 5.73 Å². The van der Waals surface area contributed by atoms with Gasteiger partial charge in [-0.2, -0.15) is 0 Å². The molecule has 18 heavy (non-hydrogen) atoms. The van der Waals surface area contributed by atoms with Gasteiger partial charge in [-0.3, -0.25) is 0 Å². The van der Waals surface area contributed by atoms with Crippen LogP contribution in [0.3, 0.4) is 0 Å². The Kier molecular flexibility index (Phi) is 2.83. The molecule has 2 N–H and O–H groups in total. The summed E-state index contributed by atoms with van der Waals surface area (Å²) in [5.41, 5.74) is 11.1. The zero-order valence-electron chi connectivity index (χ0n) is 10.1. The molecule has 1 aliphatic carbocycles. The van der Waals surface area contributed by atoms with Crippen molar-refractivity contribution in [3.63, 3.8) is 0 Å². The van der Waals surface area contributed by atoms with Gasteiger partial charge in [-0.1, -0.05) is 66.7 Å². The highest BCUT2D eigenvalue weighted by molar-refractivity contribution is 5.69. The molecular formula is C17H15N. The molecule has 1 nitrogen and oxygen atoms in total. The van der Waals surface area contributed by atoms with Crippen molar-refractivity contribution in [3.8, 4) is 0 Å². The van der Waals surface area contributed by atoms with Crippen molar-refractivity contribution in [2.45, 2.75) is 6.04 Å². The molecule has 0 heterocycles. The second-order valence-corrected chi connectivity index (χ2v) is 4.49. The van der Waals surface area contributed by atoms with Gasteiger partial charge >= 0.3 is 0 Å². The summed E-state index contributed by atoms with van der Waals surface area (Å²) in [7, 11) is 0. The van der Waals surface area contributed by atoms with Crippen LogP contribution in [0.5, 0.6) is 0 Å². The summed E-state index contributed by atoms with van der Waals surface area (Å²) >= 11 is 0. The van der Waals surface area contributed by atoms with Crippen LogP contribution >= 0.6 is 0 Å². The first kappa shape index (κ1) is 11.0. The molecule has 1 heteroatoms. The molecule has 1 atom stereocenters. The molecule has 0 fully saturated rings. The fourth-order valence-corrected chi connectivity index (χ4v) is 2.29. The zero-order chi connectivity index (χ0) is 12.4. The molecular weight excluding hydrogens is 218 g/mol. The Balaban J connectivity index is 2.01. The van der Waals surface area contributed by atoms with E-state index in [4.69, 9.17) is 5.73 Å². The van der Waals surface area contributed by atoms with E-state index in [1.165, 1.54) is 16.7 Å². The summed E-state index contributed by atoms with van der Waals surface area (Å²) in [6, 6.07) is 18.5. The zero-order valence-corrected chi connectivity index (χ0v) is 10.1. The number of benzene rings is 2. The number of rotatable bonds is 1. The highest BCUT2D eigenvalue weighted by Gasteiger charge is 2.16. The molecule has 0 radical (unpaired) electrons. The van der Waals surface area contributed by atoms with Crippen molar-refractivity contribution < 1.29 is 0 Å². The number of fused-ring (bicyclic) bond motifs is 1. The number of hydrogen-bond acceptors (Lipinski definition) is 1. The summed E-state index contributed by atoms with van der Waals surface area (Å²) < 4.78 is 0. The molecule has 2 aromatic carbocycles. The van der Waals surface area contributed by atoms with Crippen LogP contribution in [0.4, 0.5) is 0 Å². The Morgan fingerprint density at radius 1 is 0.833 bits per heavy atom. The van der Waals surface area contributed by atoms with E-state index in [1.54, 1.807) is 0 Å². The van der Waals surface area contributed by atoms with Crippen molar-refractivity contribution in [2.75, 3.05) is 0 Å². The van der Waals surface area contributed by atoms with Crippen molar-refractivity contribution in [1.82, 2.24) is 0 Å². The molecule has 3 rings (SSSR count). The second-order valence-electron chi connectivity index (χ2n) is 4.49. The Hall–Kier alpha value is -2.12. The van der Waals surface area contributed by atoms with Crippen LogP contribution in [-0.4, -0.2) is 0 Å². The highest BCUT2D eigenvalue weighted by atomic mass is 14.6. The lowest BCUT2D eigenvalue weighted by Crippen LogP contribution is -2.15. The van der Waals surface area contributed by atoms with Crippen molar-refractivity contribution in [3.05, 3.63) is 82.9 Å². The van der Waals surface area contributed by atoms with Gasteiger partial charge in [0.2, 0.25) is 0 Å². The molecule has 0 saturated heterocycles. The predicted octanol–water partition coefficient (Wildman–Crippen LogP) is 3.80. The average Bonchev–Trinajstić information content (AvgIpc) is 2.43. The summed E-state index contributed by atoms with van der Waals surface area (Å²) in [4.78, 5) is 0. The molecule has 0 spiro atoms. The smallest absolute Gasteiger partial charge is 0.0557 e. The molecule has 1 unspecified atom stereocenters. The monoisotopic (exact) mass is 233 g/mol. The van der Waals surface area contributed by atoms with E-state index in [0.717, 1.165) is 5.57 Å². The Morgan fingerprint density at radius 3 is 2.39 bits per heavy atom. The minimum Gasteiger partial charge on any atom is -0.320 e. The van der Waals surface area contributed by atoms with Crippen LogP contribution in [0.1, 0.15) is 22.7 Å². The molecule has 0 aromatic heterocycles. The summed E-state index contributed by atoms with van der Waals surface area (Å²) in [5, 5.41) is 0. The molecule has 88 valence electrons. The largest absolute Gasteiger partial charge is 0.320 e. The predicted molar refractivity (Wildman–Crippen MR) is 76.8 cm³/mol. The maximum Gasteiger partial charge on any atom is 0.0557 e. The van der Waals surface area contributed by atoms with Crippen LogP contribution < -0.4 is 5.73 Å². The Bertz CT molecular complexity index is 609. The molecule has 0 aliphatic heterocycles. The lowest BCUT2D eigenvalue weighted by Gasteiger charge is -2.20. The lowest BCUT2D eigenvalue weighted by molar-refractivity contribution is 0.867. The summed E-state index contributed by atoms with van der Waals surface area (Å²) in [5.74, 6) is 0. The number of nitrogens with two attached hydrogens (primary N) is 1. The van der Waals surface area contributed by atoms with Crippen LogP contribution in [0.15, 0.2) is 66.2 Å². The maximum absolute atomic E-state index is 6.32. The second kappa shape index (κ2) is 4.63. The first-order valence-corrected chi connectivity index (χ1v) is 6.14. The van der Waals surface area contributed by atoms with Gasteiger partial charge in [0.1, 0.15) is 0 Å². The van der Waals surface area contributed by atoms with E-state index >= 15 is 0 Å². The molecule has 2 aromatic rings. The Morgan fingerprint density at radius 2 is 1.56 bits per heavy atom. The van der Waals surface area contributed by atoms with Gasteiger partial charge in [0.25, 0.3) is 0 Å². The van der Waals surface area contributed by atoms with Gasteiger partial charge in [0.15, 0.2) is 0 Å². The first-order valence-electron chi connectivity index (χ1n) is 6.14. The number of hydrogen-bond donors (Lipinski definition) is 1. The third-order valence-electron chi connectivity index (χ3n) is 3.28. The van der Waals surface area contributed by atoms with Gasteiger partial charge in [0, 0.05) is 0 Å². The van der Waals surface area contributed by atoms with E-state index in [2.05, 4.69) is 42.5 Å². The Labute approximate surface area is 107 Å². The van der Waals surface area contributed by atoms with Crippen LogP contribution in [0, 0.1) is 0 Å². The maximum atomic E-state index is 6.32. The first-order chi connectivity index (χ1) is 8.84.